The fraction of sp³-hybridized carbons (Fsp3) is 0.364. The van der Waals surface area contributed by atoms with E-state index >= 15 is 0 Å². The number of aromatic nitrogens is 2. The fourth-order valence-electron chi connectivity index (χ4n) is 3.42. The molecule has 5 nitrogen and oxygen atoms in total. The lowest BCUT2D eigenvalue weighted by Crippen LogP contribution is -2.42. The second kappa shape index (κ2) is 9.19. The second-order valence-corrected chi connectivity index (χ2v) is 6.74. The lowest BCUT2D eigenvalue weighted by molar-refractivity contribution is -0.143. The fourth-order valence-corrected chi connectivity index (χ4v) is 3.42. The first-order valence-corrected chi connectivity index (χ1v) is 9.97. The number of nitrogens with zero attached hydrogens (tertiary/aromatic N) is 2. The predicted molar refractivity (Wildman–Crippen MR) is 108 cm³/mol. The minimum atomic E-state index is -4.57. The van der Waals surface area contributed by atoms with E-state index in [1.54, 1.807) is 11.0 Å². The van der Waals surface area contributed by atoms with Gasteiger partial charge in [0.15, 0.2) is 11.4 Å². The number of benzene rings is 1. The van der Waals surface area contributed by atoms with Crippen molar-refractivity contribution in [2.45, 2.75) is 39.0 Å². The van der Waals surface area contributed by atoms with Crippen molar-refractivity contribution >= 4 is 16.8 Å². The van der Waals surface area contributed by atoms with Gasteiger partial charge >= 0.3 is 6.18 Å². The van der Waals surface area contributed by atoms with Gasteiger partial charge in [-0.05, 0) is 35.7 Å². The van der Waals surface area contributed by atoms with Crippen LogP contribution < -0.4 is 4.74 Å². The summed E-state index contributed by atoms with van der Waals surface area (Å²) in [6, 6.07) is 10.1. The molecule has 0 saturated carbocycles. The van der Waals surface area contributed by atoms with E-state index in [9.17, 15) is 18.0 Å². The zero-order chi connectivity index (χ0) is 21.7. The Balaban J connectivity index is 0.00000124. The number of likely N-dealkylation sites (tertiary alicyclic amines) is 1. The van der Waals surface area contributed by atoms with Crippen molar-refractivity contribution in [2.24, 2.45) is 0 Å². The Morgan fingerprint density at radius 2 is 1.90 bits per heavy atom. The van der Waals surface area contributed by atoms with Crippen LogP contribution in [0, 0.1) is 0 Å². The molecule has 1 aromatic carbocycles. The van der Waals surface area contributed by atoms with E-state index in [1.807, 2.05) is 38.2 Å². The monoisotopic (exact) mass is 419 g/mol. The van der Waals surface area contributed by atoms with Gasteiger partial charge in [0.05, 0.1) is 0 Å². The van der Waals surface area contributed by atoms with Crippen molar-refractivity contribution in [3.05, 3.63) is 60.0 Å². The van der Waals surface area contributed by atoms with Gasteiger partial charge in [0.2, 0.25) is 0 Å². The third kappa shape index (κ3) is 4.75. The first kappa shape index (κ1) is 21.7. The second-order valence-electron chi connectivity index (χ2n) is 6.74. The molecule has 0 unspecified atom stereocenters. The van der Waals surface area contributed by atoms with Gasteiger partial charge < -0.3 is 14.6 Å². The van der Waals surface area contributed by atoms with E-state index in [2.05, 4.69) is 9.97 Å². The molecule has 4 rings (SSSR count). The third-order valence-corrected chi connectivity index (χ3v) is 4.86. The van der Waals surface area contributed by atoms with Crippen LogP contribution in [0.1, 0.15) is 42.7 Å². The third-order valence-electron chi connectivity index (χ3n) is 4.86. The maximum Gasteiger partial charge on any atom is 0.437 e. The van der Waals surface area contributed by atoms with Crippen LogP contribution in [0.5, 0.6) is 5.75 Å². The molecule has 1 N–H and O–H groups in total. The lowest BCUT2D eigenvalue weighted by atomic mass is 10.1. The Bertz CT molecular complexity index is 992. The van der Waals surface area contributed by atoms with E-state index in [-0.39, 0.29) is 17.8 Å². The number of hydrogen-bond acceptors (Lipinski definition) is 3. The first-order chi connectivity index (χ1) is 14.4. The van der Waals surface area contributed by atoms with Gasteiger partial charge in [-0.1, -0.05) is 19.9 Å². The van der Waals surface area contributed by atoms with Gasteiger partial charge in [-0.3, -0.25) is 4.79 Å². The van der Waals surface area contributed by atoms with E-state index in [0.29, 0.717) is 31.5 Å². The van der Waals surface area contributed by atoms with Gasteiger partial charge in [0.25, 0.3) is 5.91 Å². The molecule has 0 atom stereocenters. The van der Waals surface area contributed by atoms with Crippen molar-refractivity contribution in [3.63, 3.8) is 0 Å². The summed E-state index contributed by atoms with van der Waals surface area (Å²) in [6.07, 6.45) is -1.12. The molecule has 1 aliphatic heterocycles. The summed E-state index contributed by atoms with van der Waals surface area (Å²) in [5.74, 6) is -0.357. The van der Waals surface area contributed by atoms with Crippen molar-refractivity contribution in [3.8, 4) is 5.75 Å². The molecule has 160 valence electrons. The maximum absolute atomic E-state index is 13.0. The van der Waals surface area contributed by atoms with Gasteiger partial charge in [-0.25, -0.2) is 4.98 Å². The number of pyridine rings is 1. The number of carbonyl (C=O) groups excluding carboxylic acids is 1. The number of piperidine rings is 1. The average molecular weight is 419 g/mol. The zero-order valence-corrected chi connectivity index (χ0v) is 16.9. The number of carbonyl (C=O) groups is 1. The number of hydrogen-bond donors (Lipinski definition) is 1. The van der Waals surface area contributed by atoms with Gasteiger partial charge in [-0.2, -0.15) is 13.2 Å². The van der Waals surface area contributed by atoms with Crippen molar-refractivity contribution in [2.75, 3.05) is 13.1 Å². The average Bonchev–Trinajstić information content (AvgIpc) is 3.23. The molecule has 3 aromatic rings. The van der Waals surface area contributed by atoms with Crippen LogP contribution in [-0.4, -0.2) is 40.0 Å². The Hall–Kier alpha value is -3.03. The number of ether oxygens (including phenoxy) is 1. The van der Waals surface area contributed by atoms with E-state index in [4.69, 9.17) is 4.74 Å². The number of fused-ring (bicyclic) bond motifs is 1. The van der Waals surface area contributed by atoms with Crippen LogP contribution >= 0.6 is 0 Å². The van der Waals surface area contributed by atoms with Crippen LogP contribution in [0.4, 0.5) is 13.2 Å². The summed E-state index contributed by atoms with van der Waals surface area (Å²) in [4.78, 5) is 20.9. The number of rotatable bonds is 3. The highest BCUT2D eigenvalue weighted by Crippen LogP contribution is 2.35. The highest BCUT2D eigenvalue weighted by atomic mass is 19.4. The predicted octanol–water partition coefficient (Wildman–Crippen LogP) is 5.29. The minimum absolute atomic E-state index is 0.0905. The number of H-pyrrole nitrogens is 1. The summed E-state index contributed by atoms with van der Waals surface area (Å²) >= 11 is 0. The minimum Gasteiger partial charge on any atom is -0.488 e. The van der Waals surface area contributed by atoms with Crippen LogP contribution in [0.2, 0.25) is 0 Å². The van der Waals surface area contributed by atoms with Gasteiger partial charge in [-0.15, -0.1) is 0 Å². The topological polar surface area (TPSA) is 58.2 Å². The Labute approximate surface area is 172 Å². The van der Waals surface area contributed by atoms with Crippen LogP contribution in [-0.2, 0) is 6.18 Å². The summed E-state index contributed by atoms with van der Waals surface area (Å²) in [6.45, 7) is 4.85. The molecule has 1 fully saturated rings. The van der Waals surface area contributed by atoms with Crippen molar-refractivity contribution in [1.82, 2.24) is 14.9 Å². The molecule has 0 radical (unpaired) electrons. The molecule has 1 saturated heterocycles. The molecular formula is C22H24F3N3O2. The Morgan fingerprint density at radius 1 is 1.17 bits per heavy atom. The summed E-state index contributed by atoms with van der Waals surface area (Å²) < 4.78 is 44.7. The highest BCUT2D eigenvalue weighted by Gasteiger charge is 2.37. The number of nitrogens with one attached hydrogen (secondary N) is 1. The molecule has 8 heteroatoms. The maximum atomic E-state index is 13.0. The van der Waals surface area contributed by atoms with Crippen LogP contribution in [0.3, 0.4) is 0 Å². The number of halogens is 3. The van der Waals surface area contributed by atoms with Crippen LogP contribution in [0.15, 0.2) is 48.8 Å². The summed E-state index contributed by atoms with van der Waals surface area (Å²) in [5.41, 5.74) is 0.453. The molecule has 2 aromatic heterocycles. The molecule has 0 bridgehead atoms. The first-order valence-electron chi connectivity index (χ1n) is 9.97. The van der Waals surface area contributed by atoms with Crippen molar-refractivity contribution in [1.29, 1.82) is 0 Å². The normalized spacial score (nSPS) is 14.9. The lowest BCUT2D eigenvalue weighted by Gasteiger charge is -2.32. The zero-order valence-electron chi connectivity index (χ0n) is 16.9. The molecule has 0 aliphatic carbocycles. The largest absolute Gasteiger partial charge is 0.488 e. The summed E-state index contributed by atoms with van der Waals surface area (Å²) in [5, 5.41) is 1.03. The molecule has 1 amide bonds. The molecule has 30 heavy (non-hydrogen) atoms. The van der Waals surface area contributed by atoms with E-state index < -0.39 is 11.9 Å². The molecule has 3 heterocycles. The smallest absolute Gasteiger partial charge is 0.437 e. The molecule has 0 spiro atoms. The van der Waals surface area contributed by atoms with Crippen molar-refractivity contribution < 1.29 is 22.7 Å². The number of alkyl halides is 3. The highest BCUT2D eigenvalue weighted by molar-refractivity contribution is 5.98. The molecular weight excluding hydrogens is 395 g/mol. The Kier molecular flexibility index (Phi) is 6.64. The summed E-state index contributed by atoms with van der Waals surface area (Å²) in [7, 11) is 0. The van der Waals surface area contributed by atoms with E-state index in [0.717, 1.165) is 17.1 Å². The van der Waals surface area contributed by atoms with Gasteiger partial charge in [0.1, 0.15) is 6.10 Å². The number of aromatic amines is 1. The SMILES string of the molecule is CC.O=C(c1ccc2cc[nH]c2c1)N1CCC(Oc2cccnc2C(F)(F)F)CC1. The van der Waals surface area contributed by atoms with E-state index in [1.165, 1.54) is 12.1 Å². The van der Waals surface area contributed by atoms with Gasteiger partial charge in [0, 0.05) is 49.4 Å². The quantitative estimate of drug-likeness (QED) is 0.627. The Morgan fingerprint density at radius 3 is 2.60 bits per heavy atom. The van der Waals surface area contributed by atoms with Crippen LogP contribution in [0.25, 0.3) is 10.9 Å². The number of amides is 1. The molecule has 1 aliphatic rings. The standard InChI is InChI=1S/C20H18F3N3O2.C2H6/c21-20(22,23)18-17(2-1-8-25-18)28-15-6-10-26(11-7-15)19(27)14-4-3-13-5-9-24-16(13)12-14;1-2/h1-5,8-9,12,15,24H,6-7,10-11H2;1-2H3.